The van der Waals surface area contributed by atoms with Gasteiger partial charge in [-0.05, 0) is 12.3 Å². The van der Waals surface area contributed by atoms with Crippen LogP contribution in [0.3, 0.4) is 0 Å². The lowest BCUT2D eigenvalue weighted by atomic mass is 10.0. The van der Waals surface area contributed by atoms with Crippen molar-refractivity contribution < 1.29 is 4.79 Å². The third-order valence-electron chi connectivity index (χ3n) is 2.68. The Morgan fingerprint density at radius 1 is 1.41 bits per heavy atom. The van der Waals surface area contributed by atoms with Crippen molar-refractivity contribution in [3.05, 3.63) is 18.1 Å². The molecule has 0 aliphatic heterocycles. The Hall–Kier alpha value is -1.65. The first kappa shape index (κ1) is 13.4. The van der Waals surface area contributed by atoms with Crippen molar-refractivity contribution in [2.45, 2.75) is 33.2 Å². The van der Waals surface area contributed by atoms with Crippen molar-refractivity contribution in [1.82, 2.24) is 15.3 Å². The number of carbonyl (C=O) groups is 1. The third-order valence-corrected chi connectivity index (χ3v) is 2.68. The molecule has 1 amide bonds. The van der Waals surface area contributed by atoms with Crippen LogP contribution in [0.4, 0.5) is 5.82 Å². The number of anilines is 1. The SMILES string of the molecule is CCC(NC(=O)c1cncc(NC)n1)C(C)C. The van der Waals surface area contributed by atoms with Gasteiger partial charge in [0.25, 0.3) is 5.91 Å². The summed E-state index contributed by atoms with van der Waals surface area (Å²) in [5, 5.41) is 5.82. The molecule has 0 saturated carbocycles. The van der Waals surface area contributed by atoms with E-state index in [-0.39, 0.29) is 11.9 Å². The van der Waals surface area contributed by atoms with Gasteiger partial charge in [0.15, 0.2) is 0 Å². The van der Waals surface area contributed by atoms with Crippen molar-refractivity contribution in [1.29, 1.82) is 0 Å². The zero-order valence-corrected chi connectivity index (χ0v) is 10.8. The van der Waals surface area contributed by atoms with Gasteiger partial charge in [-0.2, -0.15) is 0 Å². The summed E-state index contributed by atoms with van der Waals surface area (Å²) >= 11 is 0. The van der Waals surface area contributed by atoms with E-state index in [0.717, 1.165) is 6.42 Å². The van der Waals surface area contributed by atoms with Crippen LogP contribution in [0.5, 0.6) is 0 Å². The molecule has 1 aromatic rings. The number of carbonyl (C=O) groups excluding carboxylic acids is 1. The molecule has 1 atom stereocenters. The number of hydrogen-bond donors (Lipinski definition) is 2. The number of nitrogens with zero attached hydrogens (tertiary/aromatic N) is 2. The van der Waals surface area contributed by atoms with Crippen LogP contribution in [0.2, 0.25) is 0 Å². The first-order valence-electron chi connectivity index (χ1n) is 5.89. The number of hydrogen-bond acceptors (Lipinski definition) is 4. The summed E-state index contributed by atoms with van der Waals surface area (Å²) in [5.41, 5.74) is 0.343. The smallest absolute Gasteiger partial charge is 0.271 e. The largest absolute Gasteiger partial charge is 0.372 e. The van der Waals surface area contributed by atoms with Crippen molar-refractivity contribution in [2.24, 2.45) is 5.92 Å². The molecule has 2 N–H and O–H groups in total. The maximum atomic E-state index is 11.9. The minimum absolute atomic E-state index is 0.169. The molecule has 0 bridgehead atoms. The van der Waals surface area contributed by atoms with E-state index in [2.05, 4.69) is 41.4 Å². The van der Waals surface area contributed by atoms with Crippen LogP contribution < -0.4 is 10.6 Å². The molecule has 1 rings (SSSR count). The molecule has 0 aliphatic carbocycles. The van der Waals surface area contributed by atoms with Gasteiger partial charge in [-0.1, -0.05) is 20.8 Å². The molecule has 0 fully saturated rings. The van der Waals surface area contributed by atoms with Gasteiger partial charge in [-0.25, -0.2) is 4.98 Å². The molecule has 0 aliphatic rings. The number of nitrogens with one attached hydrogen (secondary N) is 2. The molecule has 5 heteroatoms. The monoisotopic (exact) mass is 236 g/mol. The molecule has 94 valence electrons. The van der Waals surface area contributed by atoms with Gasteiger partial charge in [0.1, 0.15) is 11.5 Å². The van der Waals surface area contributed by atoms with Gasteiger partial charge in [0.2, 0.25) is 0 Å². The van der Waals surface area contributed by atoms with Gasteiger partial charge < -0.3 is 10.6 Å². The Morgan fingerprint density at radius 2 is 2.12 bits per heavy atom. The summed E-state index contributed by atoms with van der Waals surface area (Å²) in [6.45, 7) is 6.23. The van der Waals surface area contributed by atoms with E-state index < -0.39 is 0 Å². The maximum Gasteiger partial charge on any atom is 0.271 e. The van der Waals surface area contributed by atoms with E-state index in [9.17, 15) is 4.79 Å². The zero-order valence-electron chi connectivity index (χ0n) is 10.8. The van der Waals surface area contributed by atoms with E-state index in [1.54, 1.807) is 13.2 Å². The number of aromatic nitrogens is 2. The van der Waals surface area contributed by atoms with Crippen LogP contribution >= 0.6 is 0 Å². The summed E-state index contributed by atoms with van der Waals surface area (Å²) in [7, 11) is 1.74. The minimum atomic E-state index is -0.171. The van der Waals surface area contributed by atoms with Crippen LogP contribution in [0, 0.1) is 5.92 Å². The predicted octanol–water partition coefficient (Wildman–Crippen LogP) is 1.68. The maximum absolute atomic E-state index is 11.9. The highest BCUT2D eigenvalue weighted by molar-refractivity contribution is 5.92. The Bertz CT molecular complexity index is 379. The van der Waals surface area contributed by atoms with Gasteiger partial charge in [0, 0.05) is 13.1 Å². The van der Waals surface area contributed by atoms with E-state index in [0.29, 0.717) is 17.4 Å². The van der Waals surface area contributed by atoms with E-state index in [1.165, 1.54) is 6.20 Å². The van der Waals surface area contributed by atoms with Crippen molar-refractivity contribution in [2.75, 3.05) is 12.4 Å². The Labute approximate surface area is 102 Å². The fraction of sp³-hybridized carbons (Fsp3) is 0.583. The lowest BCUT2D eigenvalue weighted by molar-refractivity contribution is 0.0919. The topological polar surface area (TPSA) is 66.9 Å². The zero-order chi connectivity index (χ0) is 12.8. The molecule has 1 unspecified atom stereocenters. The van der Waals surface area contributed by atoms with Crippen molar-refractivity contribution >= 4 is 11.7 Å². The molecule has 0 saturated heterocycles. The molecular formula is C12H20N4O. The average molecular weight is 236 g/mol. The minimum Gasteiger partial charge on any atom is -0.372 e. The molecule has 5 nitrogen and oxygen atoms in total. The molecule has 0 aromatic carbocycles. The number of amides is 1. The number of rotatable bonds is 5. The standard InChI is InChI=1S/C12H20N4O/c1-5-9(8(2)3)16-12(17)10-6-14-7-11(13-4)15-10/h6-9H,5H2,1-4H3,(H,13,15)(H,16,17). The summed E-state index contributed by atoms with van der Waals surface area (Å²) in [4.78, 5) is 20.1. The molecule has 0 radical (unpaired) electrons. The summed E-state index contributed by atoms with van der Waals surface area (Å²) in [5.74, 6) is 0.829. The normalized spacial score (nSPS) is 12.3. The van der Waals surface area contributed by atoms with E-state index in [1.807, 2.05) is 0 Å². The van der Waals surface area contributed by atoms with Gasteiger partial charge in [-0.15, -0.1) is 0 Å². The third kappa shape index (κ3) is 3.69. The molecule has 17 heavy (non-hydrogen) atoms. The highest BCUT2D eigenvalue weighted by atomic mass is 16.1. The molecule has 1 heterocycles. The lowest BCUT2D eigenvalue weighted by Crippen LogP contribution is -2.38. The van der Waals surface area contributed by atoms with E-state index >= 15 is 0 Å². The summed E-state index contributed by atoms with van der Waals surface area (Å²) in [6.07, 6.45) is 3.96. The quantitative estimate of drug-likeness (QED) is 0.816. The second-order valence-corrected chi connectivity index (χ2v) is 4.27. The average Bonchev–Trinajstić information content (AvgIpc) is 2.35. The highest BCUT2D eigenvalue weighted by Gasteiger charge is 2.16. The summed E-state index contributed by atoms with van der Waals surface area (Å²) in [6, 6.07) is 0.169. The van der Waals surface area contributed by atoms with Crippen LogP contribution in [0.25, 0.3) is 0 Å². The second-order valence-electron chi connectivity index (χ2n) is 4.27. The first-order valence-corrected chi connectivity index (χ1v) is 5.89. The van der Waals surface area contributed by atoms with Crippen LogP contribution in [0.15, 0.2) is 12.4 Å². The summed E-state index contributed by atoms with van der Waals surface area (Å²) < 4.78 is 0. The Morgan fingerprint density at radius 3 is 2.65 bits per heavy atom. The predicted molar refractivity (Wildman–Crippen MR) is 68.0 cm³/mol. The highest BCUT2D eigenvalue weighted by Crippen LogP contribution is 2.07. The van der Waals surface area contributed by atoms with E-state index in [4.69, 9.17) is 0 Å². The van der Waals surface area contributed by atoms with Gasteiger partial charge >= 0.3 is 0 Å². The van der Waals surface area contributed by atoms with Crippen LogP contribution in [-0.4, -0.2) is 29.0 Å². The fourth-order valence-electron chi connectivity index (χ4n) is 1.58. The Balaban J connectivity index is 2.75. The van der Waals surface area contributed by atoms with Crippen LogP contribution in [0.1, 0.15) is 37.7 Å². The van der Waals surface area contributed by atoms with Gasteiger partial charge in [0.05, 0.1) is 12.4 Å². The molecular weight excluding hydrogens is 216 g/mol. The van der Waals surface area contributed by atoms with Crippen LogP contribution in [-0.2, 0) is 0 Å². The van der Waals surface area contributed by atoms with Crippen molar-refractivity contribution in [3.63, 3.8) is 0 Å². The van der Waals surface area contributed by atoms with Crippen molar-refractivity contribution in [3.8, 4) is 0 Å². The molecule has 0 spiro atoms. The van der Waals surface area contributed by atoms with Gasteiger partial charge in [-0.3, -0.25) is 9.78 Å². The first-order chi connectivity index (χ1) is 8.08. The molecule has 1 aromatic heterocycles. The second kappa shape index (κ2) is 6.18. The fourth-order valence-corrected chi connectivity index (χ4v) is 1.58. The Kier molecular flexibility index (Phi) is 4.87. The lowest BCUT2D eigenvalue weighted by Gasteiger charge is -2.20.